The lowest BCUT2D eigenvalue weighted by molar-refractivity contribution is 0.632. The van der Waals surface area contributed by atoms with E-state index in [1.54, 1.807) is 29.5 Å². The standard InChI is InChI=1S/C15H14FN3S/c1-3-13-18-14(10-8-9(2)20-15(10)19-13)17-12-7-5-4-6-11(12)16/h4-8H,3H2,1-2H3,(H,17,18,19). The minimum absolute atomic E-state index is 0.288. The van der Waals surface area contributed by atoms with Crippen molar-refractivity contribution in [1.82, 2.24) is 9.97 Å². The Bertz CT molecular complexity index is 767. The molecule has 0 saturated heterocycles. The molecule has 0 amide bonds. The van der Waals surface area contributed by atoms with Crippen molar-refractivity contribution in [2.45, 2.75) is 20.3 Å². The van der Waals surface area contributed by atoms with Crippen LogP contribution in [0.5, 0.6) is 0 Å². The normalized spacial score (nSPS) is 10.9. The van der Waals surface area contributed by atoms with Crippen LogP contribution in [0, 0.1) is 12.7 Å². The van der Waals surface area contributed by atoms with Crippen LogP contribution >= 0.6 is 11.3 Å². The maximum absolute atomic E-state index is 13.8. The number of thiophene rings is 1. The molecule has 0 aliphatic rings. The zero-order valence-electron chi connectivity index (χ0n) is 11.3. The van der Waals surface area contributed by atoms with Crippen LogP contribution in [0.4, 0.5) is 15.9 Å². The Morgan fingerprint density at radius 3 is 2.80 bits per heavy atom. The third-order valence-corrected chi connectivity index (χ3v) is 3.95. The van der Waals surface area contributed by atoms with Gasteiger partial charge in [-0.05, 0) is 25.1 Å². The summed E-state index contributed by atoms with van der Waals surface area (Å²) in [5, 5.41) is 4.02. The Kier molecular flexibility index (Phi) is 3.36. The molecule has 0 atom stereocenters. The van der Waals surface area contributed by atoms with Gasteiger partial charge in [0.15, 0.2) is 0 Å². The molecule has 3 aromatic rings. The second-order valence-corrected chi connectivity index (χ2v) is 5.76. The fraction of sp³-hybridized carbons (Fsp3) is 0.200. The minimum Gasteiger partial charge on any atom is -0.337 e. The van der Waals surface area contributed by atoms with E-state index in [9.17, 15) is 4.39 Å². The van der Waals surface area contributed by atoms with Crippen molar-refractivity contribution in [2.75, 3.05) is 5.32 Å². The largest absolute Gasteiger partial charge is 0.337 e. The van der Waals surface area contributed by atoms with Gasteiger partial charge in [-0.25, -0.2) is 14.4 Å². The lowest BCUT2D eigenvalue weighted by Crippen LogP contribution is -2.01. The van der Waals surface area contributed by atoms with E-state index >= 15 is 0 Å². The third-order valence-electron chi connectivity index (χ3n) is 3.01. The molecule has 20 heavy (non-hydrogen) atoms. The molecule has 3 rings (SSSR count). The van der Waals surface area contributed by atoms with Gasteiger partial charge < -0.3 is 5.32 Å². The molecular formula is C15H14FN3S. The minimum atomic E-state index is -0.288. The summed E-state index contributed by atoms with van der Waals surface area (Å²) in [5.41, 5.74) is 0.429. The predicted molar refractivity (Wildman–Crippen MR) is 81.2 cm³/mol. The number of anilines is 2. The Labute approximate surface area is 120 Å². The molecule has 0 aliphatic heterocycles. The van der Waals surface area contributed by atoms with Crippen LogP contribution in [0.2, 0.25) is 0 Å². The van der Waals surface area contributed by atoms with Crippen LogP contribution in [0.1, 0.15) is 17.6 Å². The van der Waals surface area contributed by atoms with Crippen molar-refractivity contribution in [2.24, 2.45) is 0 Å². The van der Waals surface area contributed by atoms with Crippen molar-refractivity contribution in [3.8, 4) is 0 Å². The van der Waals surface area contributed by atoms with Gasteiger partial charge in [0.25, 0.3) is 0 Å². The van der Waals surface area contributed by atoms with Gasteiger partial charge in [-0.1, -0.05) is 19.1 Å². The highest BCUT2D eigenvalue weighted by atomic mass is 32.1. The summed E-state index contributed by atoms with van der Waals surface area (Å²) < 4.78 is 13.8. The van der Waals surface area contributed by atoms with Gasteiger partial charge >= 0.3 is 0 Å². The Balaban J connectivity index is 2.12. The maximum atomic E-state index is 13.8. The molecule has 0 radical (unpaired) electrons. The second kappa shape index (κ2) is 5.17. The molecule has 0 unspecified atom stereocenters. The zero-order valence-corrected chi connectivity index (χ0v) is 12.1. The highest BCUT2D eigenvalue weighted by Crippen LogP contribution is 2.30. The molecule has 0 fully saturated rings. The van der Waals surface area contributed by atoms with E-state index in [1.807, 2.05) is 19.9 Å². The third kappa shape index (κ3) is 2.36. The molecule has 1 N–H and O–H groups in total. The van der Waals surface area contributed by atoms with Crippen LogP contribution in [-0.2, 0) is 6.42 Å². The smallest absolute Gasteiger partial charge is 0.146 e. The number of aryl methyl sites for hydroxylation is 2. The monoisotopic (exact) mass is 287 g/mol. The highest BCUT2D eigenvalue weighted by molar-refractivity contribution is 7.18. The Morgan fingerprint density at radius 2 is 2.05 bits per heavy atom. The predicted octanol–water partition coefficient (Wildman–Crippen LogP) is 4.44. The SMILES string of the molecule is CCc1nc(Nc2ccccc2F)c2cc(C)sc2n1. The summed E-state index contributed by atoms with van der Waals surface area (Å²) in [5.74, 6) is 1.14. The van der Waals surface area contributed by atoms with E-state index in [-0.39, 0.29) is 5.82 Å². The first-order chi connectivity index (χ1) is 9.67. The summed E-state index contributed by atoms with van der Waals surface area (Å²) in [4.78, 5) is 11.1. The molecule has 5 heteroatoms. The number of nitrogens with zero attached hydrogens (tertiary/aromatic N) is 2. The summed E-state index contributed by atoms with van der Waals surface area (Å²) >= 11 is 1.63. The molecule has 0 aliphatic carbocycles. The summed E-state index contributed by atoms with van der Waals surface area (Å²) in [6.45, 7) is 4.04. The van der Waals surface area contributed by atoms with E-state index in [2.05, 4.69) is 15.3 Å². The molecule has 0 spiro atoms. The van der Waals surface area contributed by atoms with E-state index < -0.39 is 0 Å². The molecule has 102 valence electrons. The lowest BCUT2D eigenvalue weighted by Gasteiger charge is -2.09. The van der Waals surface area contributed by atoms with Gasteiger partial charge in [0.05, 0.1) is 11.1 Å². The molecule has 0 bridgehead atoms. The van der Waals surface area contributed by atoms with Gasteiger partial charge in [-0.15, -0.1) is 11.3 Å². The average Bonchev–Trinajstić information content (AvgIpc) is 2.81. The van der Waals surface area contributed by atoms with Crippen molar-refractivity contribution in [1.29, 1.82) is 0 Å². The van der Waals surface area contributed by atoms with Gasteiger partial charge in [0.1, 0.15) is 22.3 Å². The molecule has 3 nitrogen and oxygen atoms in total. The van der Waals surface area contributed by atoms with E-state index in [4.69, 9.17) is 0 Å². The van der Waals surface area contributed by atoms with Gasteiger partial charge in [-0.2, -0.15) is 0 Å². The number of rotatable bonds is 3. The van der Waals surface area contributed by atoms with Gasteiger partial charge in [-0.3, -0.25) is 0 Å². The number of halogens is 1. The first-order valence-electron chi connectivity index (χ1n) is 6.46. The average molecular weight is 287 g/mol. The van der Waals surface area contributed by atoms with E-state index in [1.165, 1.54) is 10.9 Å². The van der Waals surface area contributed by atoms with E-state index in [0.717, 1.165) is 22.5 Å². The first-order valence-corrected chi connectivity index (χ1v) is 7.27. The number of hydrogen-bond acceptors (Lipinski definition) is 4. The Hall–Kier alpha value is -2.01. The molecule has 0 saturated carbocycles. The number of hydrogen-bond donors (Lipinski definition) is 1. The Morgan fingerprint density at radius 1 is 1.25 bits per heavy atom. The lowest BCUT2D eigenvalue weighted by atomic mass is 10.3. The molecule has 1 aromatic carbocycles. The fourth-order valence-corrected chi connectivity index (χ4v) is 2.93. The van der Waals surface area contributed by atoms with Crippen molar-refractivity contribution in [3.05, 3.63) is 46.9 Å². The van der Waals surface area contributed by atoms with Gasteiger partial charge in [0.2, 0.25) is 0 Å². The number of benzene rings is 1. The number of aromatic nitrogens is 2. The quantitative estimate of drug-likeness (QED) is 0.773. The maximum Gasteiger partial charge on any atom is 0.146 e. The number of para-hydroxylation sites is 1. The van der Waals surface area contributed by atoms with Crippen LogP contribution in [0.15, 0.2) is 30.3 Å². The van der Waals surface area contributed by atoms with Crippen LogP contribution < -0.4 is 5.32 Å². The van der Waals surface area contributed by atoms with Crippen LogP contribution in [0.3, 0.4) is 0 Å². The highest BCUT2D eigenvalue weighted by Gasteiger charge is 2.11. The van der Waals surface area contributed by atoms with Crippen molar-refractivity contribution in [3.63, 3.8) is 0 Å². The number of fused-ring (bicyclic) bond motifs is 1. The summed E-state index contributed by atoms with van der Waals surface area (Å²) in [6.07, 6.45) is 0.749. The second-order valence-electron chi connectivity index (χ2n) is 4.52. The van der Waals surface area contributed by atoms with Crippen molar-refractivity contribution < 1.29 is 4.39 Å². The molecule has 2 heterocycles. The zero-order chi connectivity index (χ0) is 14.1. The van der Waals surface area contributed by atoms with Gasteiger partial charge in [0, 0.05) is 11.3 Å². The molecule has 2 aromatic heterocycles. The number of nitrogens with one attached hydrogen (secondary N) is 1. The first kappa shape index (κ1) is 13.0. The van der Waals surface area contributed by atoms with E-state index in [0.29, 0.717) is 11.5 Å². The van der Waals surface area contributed by atoms with Crippen LogP contribution in [0.25, 0.3) is 10.2 Å². The topological polar surface area (TPSA) is 37.8 Å². The van der Waals surface area contributed by atoms with Crippen LogP contribution in [-0.4, -0.2) is 9.97 Å². The van der Waals surface area contributed by atoms with Crippen molar-refractivity contribution >= 4 is 33.1 Å². The summed E-state index contributed by atoms with van der Waals surface area (Å²) in [6, 6.07) is 8.63. The fourth-order valence-electron chi connectivity index (χ4n) is 2.03. The summed E-state index contributed by atoms with van der Waals surface area (Å²) in [7, 11) is 0. The molecular weight excluding hydrogens is 273 g/mol.